The number of hydrogen-bond donors (Lipinski definition) is 4. The fourth-order valence-electron chi connectivity index (χ4n) is 5.57. The van der Waals surface area contributed by atoms with Crippen molar-refractivity contribution in [3.05, 3.63) is 119 Å². The van der Waals surface area contributed by atoms with Gasteiger partial charge < -0.3 is 25.4 Å². The quantitative estimate of drug-likeness (QED) is 0.125. The van der Waals surface area contributed by atoms with Gasteiger partial charge in [-0.25, -0.2) is 22.9 Å². The van der Waals surface area contributed by atoms with Crippen LogP contribution >= 0.6 is 11.6 Å². The number of aromatic nitrogens is 7. The summed E-state index contributed by atoms with van der Waals surface area (Å²) in [5.41, 5.74) is 6.83. The zero-order valence-corrected chi connectivity index (χ0v) is 36.1. The first kappa shape index (κ1) is 43.7. The summed E-state index contributed by atoms with van der Waals surface area (Å²) in [6.45, 7) is 8.03. The maximum Gasteiger partial charge on any atom is 1.00 e. The minimum atomic E-state index is -4.05. The van der Waals surface area contributed by atoms with Crippen LogP contribution in [0.25, 0.3) is 22.5 Å². The number of sulfonamides is 1. The Morgan fingerprint density at radius 3 is 2.42 bits per heavy atom. The Balaban J connectivity index is 0.000000247. The molecule has 0 bridgehead atoms. The predicted molar refractivity (Wildman–Crippen MR) is 208 cm³/mol. The average Bonchev–Trinajstić information content (AvgIpc) is 3.79. The van der Waals surface area contributed by atoms with Crippen LogP contribution in [0.4, 0.5) is 16.2 Å². The Morgan fingerprint density at radius 1 is 1.02 bits per heavy atom. The monoisotopic (exact) mass is 808 g/mol. The van der Waals surface area contributed by atoms with Crippen molar-refractivity contribution >= 4 is 39.0 Å². The largest absolute Gasteiger partial charge is 1.00 e. The third-order valence-electron chi connectivity index (χ3n) is 8.12. The van der Waals surface area contributed by atoms with Crippen LogP contribution in [0.1, 0.15) is 56.3 Å². The average molecular weight is 809 g/mol. The molecule has 17 heteroatoms. The Labute approximate surface area is 368 Å². The number of anilines is 2. The number of imidazole rings is 1. The maximum absolute atomic E-state index is 12.5. The number of tetrazole rings is 1. The van der Waals surface area contributed by atoms with E-state index >= 15 is 0 Å². The number of carbonyl (C=O) groups excluding carboxylic acids is 1. The number of amides is 2. The van der Waals surface area contributed by atoms with Crippen molar-refractivity contribution in [2.75, 3.05) is 5.32 Å². The maximum atomic E-state index is 12.5. The van der Waals surface area contributed by atoms with Gasteiger partial charge in [0.1, 0.15) is 10.7 Å². The second-order valence-corrected chi connectivity index (χ2v) is 14.7. The molecule has 3 heterocycles. The predicted octanol–water partition coefficient (Wildman–Crippen LogP) is 3.43. The Kier molecular flexibility index (Phi) is 16.5. The molecular weight excluding hydrogens is 767 g/mol. The molecule has 0 spiro atoms. The number of unbranched alkanes of at least 4 members (excludes halogenated alkanes) is 1. The number of aryl methyl sites for hydroxylation is 2. The van der Waals surface area contributed by atoms with Crippen molar-refractivity contribution in [3.8, 4) is 22.5 Å². The van der Waals surface area contributed by atoms with E-state index in [2.05, 4.69) is 72.4 Å². The standard InChI is InChI=1S/C22H22ClN6O.C16H20N4O3S.K/c1-2-3-8-20-24-21(23)19(14-30)29(20)13-15-9-11-16(12-10-15)17-6-4-5-7-18(17)22-25-27-28-26-22;1-11(2)18-16(21)20-24(22,23)15-10-17-8-7-14(15)19-13-6-4-5-12(3)9-13;/h4-7,9-12,30H,2-3,8,13-14H2,1H3;4-11H,1-3H3,(H,17,19)(H2,18,20,21);/q-1;;+1. The van der Waals surface area contributed by atoms with Crippen LogP contribution < -0.4 is 71.8 Å². The van der Waals surface area contributed by atoms with Crippen LogP contribution in [-0.2, 0) is 29.6 Å². The summed E-state index contributed by atoms with van der Waals surface area (Å²) in [5, 5.41) is 30.8. The molecule has 6 rings (SSSR count). The van der Waals surface area contributed by atoms with Gasteiger partial charge in [0.2, 0.25) is 0 Å². The molecule has 3 aromatic heterocycles. The summed E-state index contributed by atoms with van der Waals surface area (Å²) in [5.74, 6) is 1.42. The number of benzene rings is 3. The zero-order valence-electron chi connectivity index (χ0n) is 31.4. The van der Waals surface area contributed by atoms with E-state index in [0.717, 1.165) is 58.6 Å². The van der Waals surface area contributed by atoms with E-state index < -0.39 is 16.1 Å². The van der Waals surface area contributed by atoms with Crippen LogP contribution in [0.3, 0.4) is 0 Å². The van der Waals surface area contributed by atoms with Crippen molar-refractivity contribution in [3.63, 3.8) is 0 Å². The number of pyridine rings is 1. The van der Waals surface area contributed by atoms with Gasteiger partial charge in [-0.15, -0.1) is 0 Å². The minimum Gasteiger partial charge on any atom is -0.390 e. The van der Waals surface area contributed by atoms with Crippen LogP contribution in [0.2, 0.25) is 5.15 Å². The van der Waals surface area contributed by atoms with Gasteiger partial charge >= 0.3 is 57.4 Å². The molecular formula is C38H42ClKN10O4S. The molecule has 6 aromatic rings. The molecule has 0 aliphatic carbocycles. The number of hydrogen-bond acceptors (Lipinski definition) is 10. The third-order valence-corrected chi connectivity index (χ3v) is 9.78. The van der Waals surface area contributed by atoms with Gasteiger partial charge in [-0.2, -0.15) is 5.21 Å². The van der Waals surface area contributed by atoms with E-state index in [0.29, 0.717) is 28.9 Å². The van der Waals surface area contributed by atoms with E-state index in [1.165, 1.54) is 18.5 Å². The third kappa shape index (κ3) is 12.0. The number of rotatable bonds is 13. The number of urea groups is 1. The second kappa shape index (κ2) is 20.8. The van der Waals surface area contributed by atoms with Crippen LogP contribution in [0.15, 0.2) is 96.2 Å². The van der Waals surface area contributed by atoms with Crippen LogP contribution in [0, 0.1) is 6.92 Å². The summed E-state index contributed by atoms with van der Waals surface area (Å²) in [6, 6.07) is 24.3. The molecule has 0 atom stereocenters. The molecule has 3 aromatic carbocycles. The molecule has 0 fully saturated rings. The number of nitrogens with one attached hydrogen (secondary N) is 3. The van der Waals surface area contributed by atoms with Gasteiger partial charge in [-0.1, -0.05) is 85.6 Å². The van der Waals surface area contributed by atoms with E-state index in [4.69, 9.17) is 11.6 Å². The molecule has 55 heavy (non-hydrogen) atoms. The fraction of sp³-hybridized carbons (Fsp3) is 0.263. The van der Waals surface area contributed by atoms with Crippen LogP contribution in [-0.4, -0.2) is 55.7 Å². The first-order valence-electron chi connectivity index (χ1n) is 17.3. The number of aliphatic hydroxyl groups excluding tert-OH is 1. The smallest absolute Gasteiger partial charge is 0.390 e. The molecule has 282 valence electrons. The molecule has 0 aliphatic rings. The van der Waals surface area contributed by atoms with Gasteiger partial charge in [-0.3, -0.25) is 15.3 Å². The van der Waals surface area contributed by atoms with Gasteiger partial charge in [-0.05, 0) is 73.2 Å². The minimum absolute atomic E-state index is 0. The molecule has 0 radical (unpaired) electrons. The summed E-state index contributed by atoms with van der Waals surface area (Å²) >= 11 is 6.25. The molecule has 0 unspecified atom stereocenters. The summed E-state index contributed by atoms with van der Waals surface area (Å²) in [4.78, 5) is 19.9. The zero-order chi connectivity index (χ0) is 38.7. The number of halogens is 1. The topological polar surface area (TPSA) is 191 Å². The van der Waals surface area contributed by atoms with E-state index in [1.54, 1.807) is 13.8 Å². The first-order valence-corrected chi connectivity index (χ1v) is 19.2. The van der Waals surface area contributed by atoms with Gasteiger partial charge in [0, 0.05) is 42.9 Å². The molecule has 2 amide bonds. The Bertz CT molecular complexity index is 2270. The van der Waals surface area contributed by atoms with Gasteiger partial charge in [0.15, 0.2) is 5.15 Å². The van der Waals surface area contributed by atoms with Crippen molar-refractivity contribution in [1.82, 2.24) is 45.2 Å². The molecule has 0 saturated carbocycles. The van der Waals surface area contributed by atoms with Gasteiger partial charge in [0.05, 0.1) is 18.0 Å². The Morgan fingerprint density at radius 2 is 1.76 bits per heavy atom. The van der Waals surface area contributed by atoms with E-state index in [9.17, 15) is 18.3 Å². The van der Waals surface area contributed by atoms with Crippen molar-refractivity contribution in [2.24, 2.45) is 0 Å². The normalized spacial score (nSPS) is 11.0. The molecule has 14 nitrogen and oxygen atoms in total. The van der Waals surface area contributed by atoms with Crippen molar-refractivity contribution in [2.45, 2.75) is 71.0 Å². The molecule has 4 N–H and O–H groups in total. The van der Waals surface area contributed by atoms with E-state index in [-0.39, 0.29) is 68.9 Å². The van der Waals surface area contributed by atoms with Crippen LogP contribution in [0.5, 0.6) is 0 Å². The SMILES string of the molecule is CCCCc1nc(Cl)c(CO)n1Cc1ccc(-c2ccccc2-c2nnn[n-]2)cc1.Cc1cccc(Nc2ccncc2S(=O)(=O)NC(=O)NC(C)C)c1.[K+]. The summed E-state index contributed by atoms with van der Waals surface area (Å²) in [7, 11) is -4.05. The van der Waals surface area contributed by atoms with Gasteiger partial charge in [0.25, 0.3) is 10.0 Å². The molecule has 0 aliphatic heterocycles. The first-order chi connectivity index (χ1) is 26.0. The van der Waals surface area contributed by atoms with Crippen molar-refractivity contribution in [1.29, 1.82) is 0 Å². The summed E-state index contributed by atoms with van der Waals surface area (Å²) in [6.07, 6.45) is 5.62. The number of aliphatic hydroxyl groups is 1. The fourth-order valence-corrected chi connectivity index (χ4v) is 6.85. The number of carbonyl (C=O) groups is 1. The molecule has 0 saturated heterocycles. The Hall–Kier alpha value is -4.00. The summed E-state index contributed by atoms with van der Waals surface area (Å²) < 4.78 is 28.9. The number of nitrogens with zero attached hydrogens (tertiary/aromatic N) is 7. The van der Waals surface area contributed by atoms with Crippen molar-refractivity contribution < 1.29 is 69.7 Å². The van der Waals surface area contributed by atoms with E-state index in [1.807, 2.05) is 64.7 Å². The second-order valence-electron chi connectivity index (χ2n) is 12.7.